The lowest BCUT2D eigenvalue weighted by Crippen LogP contribution is -2.23. The zero-order valence-corrected chi connectivity index (χ0v) is 18.0. The van der Waals surface area contributed by atoms with Crippen LogP contribution in [0, 0.1) is 6.92 Å². The van der Waals surface area contributed by atoms with E-state index in [-0.39, 0.29) is 0 Å². The molecule has 0 aliphatic rings. The summed E-state index contributed by atoms with van der Waals surface area (Å²) in [4.78, 5) is 27.1. The maximum absolute atomic E-state index is 12.0. The molecule has 32 heavy (non-hydrogen) atoms. The minimum Gasteiger partial charge on any atom is -0.368 e. The molecule has 0 spiro atoms. The molecule has 0 unspecified atom stereocenters. The van der Waals surface area contributed by atoms with Gasteiger partial charge < -0.3 is 10.2 Å². The normalized spacial score (nSPS) is 10.5. The average molecular weight is 424 g/mol. The largest absolute Gasteiger partial charge is 0.368 e. The molecule has 4 aromatic rings. The Labute approximate surface area is 188 Å². The van der Waals surface area contributed by atoms with Gasteiger partial charge in [-0.2, -0.15) is 0 Å². The third-order valence-corrected chi connectivity index (χ3v) is 5.10. The fraction of sp³-hybridized carbons (Fsp3) is 0.154. The monoisotopic (exact) mass is 423 g/mol. The molecule has 1 amide bonds. The van der Waals surface area contributed by atoms with Crippen molar-refractivity contribution in [1.82, 2.24) is 15.0 Å². The smallest absolute Gasteiger partial charge is 0.214 e. The number of amides is 1. The van der Waals surface area contributed by atoms with Crippen LogP contribution in [-0.2, 0) is 17.8 Å². The summed E-state index contributed by atoms with van der Waals surface area (Å²) in [6.45, 7) is 3.12. The Hall–Kier alpha value is -4.06. The molecule has 6 heteroatoms. The van der Waals surface area contributed by atoms with Crippen molar-refractivity contribution >= 4 is 17.9 Å². The third-order valence-electron chi connectivity index (χ3n) is 5.10. The quantitative estimate of drug-likeness (QED) is 0.396. The lowest BCUT2D eigenvalue weighted by molar-refractivity contribution is -0.107. The van der Waals surface area contributed by atoms with Crippen LogP contribution in [-0.4, -0.2) is 27.9 Å². The highest BCUT2D eigenvalue weighted by Gasteiger charge is 2.15. The van der Waals surface area contributed by atoms with Crippen LogP contribution in [0.4, 0.5) is 11.5 Å². The summed E-state index contributed by atoms with van der Waals surface area (Å²) in [6, 6.07) is 21.8. The van der Waals surface area contributed by atoms with Gasteiger partial charge in [0.15, 0.2) is 5.82 Å². The van der Waals surface area contributed by atoms with E-state index >= 15 is 0 Å². The van der Waals surface area contributed by atoms with Gasteiger partial charge in [0.25, 0.3) is 0 Å². The standard InChI is InChI=1S/C26H25N5O/c1-20-6-4-8-22(16-20)24-10-11-25(31(19-32)18-21-7-5-13-27-17-21)26(30-24)29-15-12-23-9-2-3-14-28-23/h2-11,13-14,16-17,19H,12,15,18H2,1H3,(H,29,30). The van der Waals surface area contributed by atoms with Crippen molar-refractivity contribution in [3.05, 3.63) is 102 Å². The second-order valence-corrected chi connectivity index (χ2v) is 7.53. The molecular formula is C26H25N5O. The first-order valence-corrected chi connectivity index (χ1v) is 10.6. The van der Waals surface area contributed by atoms with Crippen molar-refractivity contribution in [1.29, 1.82) is 0 Å². The Morgan fingerprint density at radius 3 is 2.69 bits per heavy atom. The molecule has 4 rings (SSSR count). The Morgan fingerprint density at radius 1 is 1.00 bits per heavy atom. The van der Waals surface area contributed by atoms with Gasteiger partial charge in [0.2, 0.25) is 6.41 Å². The third kappa shape index (κ3) is 5.35. The Kier molecular flexibility index (Phi) is 6.82. The molecule has 0 aliphatic heterocycles. The molecule has 0 aliphatic carbocycles. The van der Waals surface area contributed by atoms with Gasteiger partial charge in [0.05, 0.1) is 17.9 Å². The van der Waals surface area contributed by atoms with Crippen molar-refractivity contribution in [3.63, 3.8) is 0 Å². The second kappa shape index (κ2) is 10.3. The lowest BCUT2D eigenvalue weighted by atomic mass is 10.1. The van der Waals surface area contributed by atoms with Crippen molar-refractivity contribution in [2.45, 2.75) is 19.9 Å². The van der Waals surface area contributed by atoms with Crippen LogP contribution >= 0.6 is 0 Å². The molecule has 0 atom stereocenters. The van der Waals surface area contributed by atoms with Gasteiger partial charge in [-0.05, 0) is 48.9 Å². The number of nitrogens with zero attached hydrogens (tertiary/aromatic N) is 4. The Balaban J connectivity index is 1.63. The summed E-state index contributed by atoms with van der Waals surface area (Å²) in [5.74, 6) is 0.663. The Bertz CT molecular complexity index is 1170. The lowest BCUT2D eigenvalue weighted by Gasteiger charge is -2.21. The van der Waals surface area contributed by atoms with Crippen LogP contribution < -0.4 is 10.2 Å². The molecule has 0 saturated carbocycles. The van der Waals surface area contributed by atoms with Gasteiger partial charge in [-0.15, -0.1) is 0 Å². The number of anilines is 2. The van der Waals surface area contributed by atoms with Gasteiger partial charge in [-0.1, -0.05) is 35.9 Å². The highest BCUT2D eigenvalue weighted by atomic mass is 16.1. The number of benzene rings is 1. The van der Waals surface area contributed by atoms with Gasteiger partial charge in [0, 0.05) is 42.8 Å². The number of carbonyl (C=O) groups is 1. The van der Waals surface area contributed by atoms with Crippen LogP contribution in [0.3, 0.4) is 0 Å². The van der Waals surface area contributed by atoms with E-state index in [4.69, 9.17) is 4.98 Å². The highest BCUT2D eigenvalue weighted by molar-refractivity contribution is 5.83. The molecule has 1 aromatic carbocycles. The molecule has 3 heterocycles. The summed E-state index contributed by atoms with van der Waals surface area (Å²) in [7, 11) is 0. The van der Waals surface area contributed by atoms with E-state index in [1.807, 2.05) is 54.6 Å². The predicted molar refractivity (Wildman–Crippen MR) is 127 cm³/mol. The van der Waals surface area contributed by atoms with Crippen LogP contribution in [0.15, 0.2) is 85.3 Å². The molecule has 1 N–H and O–H groups in total. The Morgan fingerprint density at radius 2 is 1.94 bits per heavy atom. The molecular weight excluding hydrogens is 398 g/mol. The highest BCUT2D eigenvalue weighted by Crippen LogP contribution is 2.29. The molecule has 160 valence electrons. The first-order valence-electron chi connectivity index (χ1n) is 10.6. The number of carbonyl (C=O) groups excluding carboxylic acids is 1. The zero-order valence-electron chi connectivity index (χ0n) is 18.0. The van der Waals surface area contributed by atoms with Gasteiger partial charge in [0.1, 0.15) is 0 Å². The van der Waals surface area contributed by atoms with Crippen LogP contribution in [0.5, 0.6) is 0 Å². The van der Waals surface area contributed by atoms with Gasteiger partial charge in [-0.25, -0.2) is 4.98 Å². The SMILES string of the molecule is Cc1cccc(-c2ccc(N(C=O)Cc3cccnc3)c(NCCc3ccccn3)n2)c1. The summed E-state index contributed by atoms with van der Waals surface area (Å²) in [5.41, 5.74) is 5.73. The van der Waals surface area contributed by atoms with E-state index in [9.17, 15) is 4.79 Å². The molecule has 0 fully saturated rings. The topological polar surface area (TPSA) is 71.0 Å². The van der Waals surface area contributed by atoms with Gasteiger partial charge >= 0.3 is 0 Å². The number of hydrogen-bond acceptors (Lipinski definition) is 5. The number of aryl methyl sites for hydroxylation is 1. The van der Waals surface area contributed by atoms with Crippen molar-refractivity contribution in [3.8, 4) is 11.3 Å². The maximum atomic E-state index is 12.0. The van der Waals surface area contributed by atoms with Crippen molar-refractivity contribution in [2.75, 3.05) is 16.8 Å². The predicted octanol–water partition coefficient (Wildman–Crippen LogP) is 4.66. The number of rotatable bonds is 9. The zero-order chi connectivity index (χ0) is 22.2. The van der Waals surface area contributed by atoms with Crippen LogP contribution in [0.1, 0.15) is 16.8 Å². The van der Waals surface area contributed by atoms with Crippen LogP contribution in [0.2, 0.25) is 0 Å². The first-order chi connectivity index (χ1) is 15.7. The summed E-state index contributed by atoms with van der Waals surface area (Å²) < 4.78 is 0. The van der Waals surface area contributed by atoms with E-state index in [2.05, 4.69) is 34.3 Å². The molecule has 6 nitrogen and oxygen atoms in total. The fourth-order valence-electron chi connectivity index (χ4n) is 3.50. The van der Waals surface area contributed by atoms with Crippen LogP contribution in [0.25, 0.3) is 11.3 Å². The molecule has 0 bridgehead atoms. The van der Waals surface area contributed by atoms with E-state index in [0.717, 1.165) is 41.0 Å². The second-order valence-electron chi connectivity index (χ2n) is 7.53. The maximum Gasteiger partial charge on any atom is 0.214 e. The number of hydrogen-bond donors (Lipinski definition) is 1. The summed E-state index contributed by atoms with van der Waals surface area (Å²) >= 11 is 0. The van der Waals surface area contributed by atoms with Gasteiger partial charge in [-0.3, -0.25) is 14.8 Å². The average Bonchev–Trinajstić information content (AvgIpc) is 2.84. The molecule has 0 radical (unpaired) electrons. The molecule has 0 saturated heterocycles. The minimum absolute atomic E-state index is 0.414. The fourth-order valence-corrected chi connectivity index (χ4v) is 3.50. The van der Waals surface area contributed by atoms with Crippen molar-refractivity contribution in [2.24, 2.45) is 0 Å². The molecule has 3 aromatic heterocycles. The van der Waals surface area contributed by atoms with E-state index in [1.54, 1.807) is 23.5 Å². The summed E-state index contributed by atoms with van der Waals surface area (Å²) in [5, 5.41) is 3.42. The first kappa shape index (κ1) is 21.2. The number of nitrogens with one attached hydrogen (secondary N) is 1. The van der Waals surface area contributed by atoms with E-state index in [1.165, 1.54) is 5.56 Å². The summed E-state index contributed by atoms with van der Waals surface area (Å²) in [6.07, 6.45) is 6.86. The number of aromatic nitrogens is 3. The van der Waals surface area contributed by atoms with Crippen molar-refractivity contribution < 1.29 is 4.79 Å². The van der Waals surface area contributed by atoms with E-state index in [0.29, 0.717) is 18.9 Å². The number of pyridine rings is 3. The minimum atomic E-state index is 0.414. The van der Waals surface area contributed by atoms with E-state index < -0.39 is 0 Å².